The van der Waals surface area contributed by atoms with Gasteiger partial charge < -0.3 is 9.64 Å². The second-order valence-corrected chi connectivity index (χ2v) is 6.24. The quantitative estimate of drug-likeness (QED) is 0.811. The van der Waals surface area contributed by atoms with Gasteiger partial charge in [-0.3, -0.25) is 9.69 Å². The first-order valence-electron chi connectivity index (χ1n) is 8.62. The van der Waals surface area contributed by atoms with Crippen molar-refractivity contribution in [2.45, 2.75) is 6.04 Å². The van der Waals surface area contributed by atoms with Crippen LogP contribution in [-0.4, -0.2) is 48.5 Å². The van der Waals surface area contributed by atoms with Gasteiger partial charge in [0.05, 0.1) is 6.07 Å². The molecule has 0 N–H and O–H groups in total. The average Bonchev–Trinajstić information content (AvgIpc) is 2.70. The fraction of sp³-hybridized carbons (Fsp3) is 0.300. The molecular formula is C20H19F2N3O2. The third kappa shape index (κ3) is 4.80. The summed E-state index contributed by atoms with van der Waals surface area (Å²) >= 11 is 0. The maximum Gasteiger partial charge on any atom is 0.260 e. The summed E-state index contributed by atoms with van der Waals surface area (Å²) in [4.78, 5) is 15.9. The van der Waals surface area contributed by atoms with Crippen molar-refractivity contribution < 1.29 is 18.3 Å². The standard InChI is InChI=1S/C20H19F2N3O2/c21-16-3-1-15(2-4-16)19(13-23)24-9-11-25(12-10-24)20(26)14-27-18-7-5-17(22)6-8-18/h1-8,19H,9-12,14H2/t19-/m1/s1. The third-order valence-electron chi connectivity index (χ3n) is 4.52. The number of hydrogen-bond acceptors (Lipinski definition) is 4. The molecule has 1 heterocycles. The summed E-state index contributed by atoms with van der Waals surface area (Å²) in [5, 5.41) is 9.49. The zero-order valence-electron chi connectivity index (χ0n) is 14.6. The van der Waals surface area contributed by atoms with Gasteiger partial charge in [-0.2, -0.15) is 5.26 Å². The highest BCUT2D eigenvalue weighted by Crippen LogP contribution is 2.22. The summed E-state index contributed by atoms with van der Waals surface area (Å²) in [6.45, 7) is 1.91. The van der Waals surface area contributed by atoms with Crippen LogP contribution in [0.1, 0.15) is 11.6 Å². The molecule has 5 nitrogen and oxygen atoms in total. The minimum absolute atomic E-state index is 0.120. The molecular weight excluding hydrogens is 352 g/mol. The van der Waals surface area contributed by atoms with Gasteiger partial charge in [0.25, 0.3) is 5.91 Å². The van der Waals surface area contributed by atoms with E-state index in [0.29, 0.717) is 31.9 Å². The number of carbonyl (C=O) groups excluding carboxylic acids is 1. The Bertz CT molecular complexity index is 811. The number of nitriles is 1. The first-order valence-corrected chi connectivity index (χ1v) is 8.62. The molecule has 3 rings (SSSR count). The molecule has 27 heavy (non-hydrogen) atoms. The highest BCUT2D eigenvalue weighted by atomic mass is 19.1. The maximum atomic E-state index is 13.1. The van der Waals surface area contributed by atoms with E-state index in [9.17, 15) is 18.8 Å². The summed E-state index contributed by atoms with van der Waals surface area (Å²) in [5.74, 6) is -0.427. The first-order chi connectivity index (χ1) is 13.1. The van der Waals surface area contributed by atoms with Crippen LogP contribution in [-0.2, 0) is 4.79 Å². The number of carbonyl (C=O) groups is 1. The zero-order valence-corrected chi connectivity index (χ0v) is 14.6. The lowest BCUT2D eigenvalue weighted by atomic mass is 10.1. The van der Waals surface area contributed by atoms with Crippen LogP contribution in [0, 0.1) is 23.0 Å². The fourth-order valence-corrected chi connectivity index (χ4v) is 3.01. The fourth-order valence-electron chi connectivity index (χ4n) is 3.01. The van der Waals surface area contributed by atoms with E-state index in [4.69, 9.17) is 4.74 Å². The van der Waals surface area contributed by atoms with Crippen molar-refractivity contribution in [2.24, 2.45) is 0 Å². The first kappa shape index (κ1) is 18.8. The van der Waals surface area contributed by atoms with Crippen LogP contribution in [0.5, 0.6) is 5.75 Å². The number of rotatable bonds is 5. The normalized spacial score (nSPS) is 15.8. The van der Waals surface area contributed by atoms with Crippen molar-refractivity contribution in [1.82, 2.24) is 9.80 Å². The number of benzene rings is 2. The van der Waals surface area contributed by atoms with Crippen LogP contribution in [0.4, 0.5) is 8.78 Å². The minimum atomic E-state index is -0.474. The lowest BCUT2D eigenvalue weighted by molar-refractivity contribution is -0.135. The molecule has 0 saturated carbocycles. The van der Waals surface area contributed by atoms with Crippen LogP contribution >= 0.6 is 0 Å². The van der Waals surface area contributed by atoms with Gasteiger partial charge >= 0.3 is 0 Å². The molecule has 2 aromatic rings. The van der Waals surface area contributed by atoms with Crippen LogP contribution in [0.3, 0.4) is 0 Å². The molecule has 2 aromatic carbocycles. The third-order valence-corrected chi connectivity index (χ3v) is 4.52. The Kier molecular flexibility index (Phi) is 5.99. The van der Waals surface area contributed by atoms with Crippen molar-refractivity contribution >= 4 is 5.91 Å². The van der Waals surface area contributed by atoms with E-state index < -0.39 is 6.04 Å². The van der Waals surface area contributed by atoms with Gasteiger partial charge in [-0.25, -0.2) is 8.78 Å². The number of amides is 1. The topological polar surface area (TPSA) is 56.6 Å². The van der Waals surface area contributed by atoms with E-state index in [0.717, 1.165) is 5.56 Å². The van der Waals surface area contributed by atoms with E-state index in [-0.39, 0.29) is 24.1 Å². The Morgan fingerprint density at radius 2 is 1.56 bits per heavy atom. The molecule has 0 aromatic heterocycles. The number of halogens is 2. The number of nitrogens with zero attached hydrogens (tertiary/aromatic N) is 3. The average molecular weight is 371 g/mol. The van der Waals surface area contributed by atoms with E-state index >= 15 is 0 Å². The van der Waals surface area contributed by atoms with Crippen molar-refractivity contribution in [3.8, 4) is 11.8 Å². The summed E-state index contributed by atoms with van der Waals surface area (Å²) in [5.41, 5.74) is 0.735. The second-order valence-electron chi connectivity index (χ2n) is 6.24. The lowest BCUT2D eigenvalue weighted by Gasteiger charge is -2.37. The van der Waals surface area contributed by atoms with Gasteiger partial charge in [0, 0.05) is 26.2 Å². The Morgan fingerprint density at radius 1 is 1.00 bits per heavy atom. The molecule has 1 atom stereocenters. The molecule has 7 heteroatoms. The Labute approximate surface area is 156 Å². The van der Waals surface area contributed by atoms with E-state index in [1.807, 2.05) is 4.90 Å². The molecule has 140 valence electrons. The molecule has 0 radical (unpaired) electrons. The van der Waals surface area contributed by atoms with Gasteiger partial charge in [0.15, 0.2) is 6.61 Å². The highest BCUT2D eigenvalue weighted by molar-refractivity contribution is 5.77. The van der Waals surface area contributed by atoms with E-state index in [1.54, 1.807) is 17.0 Å². The SMILES string of the molecule is N#C[C@H](c1ccc(F)cc1)N1CCN(C(=O)COc2ccc(F)cc2)CC1. The Morgan fingerprint density at radius 3 is 2.11 bits per heavy atom. The van der Waals surface area contributed by atoms with Crippen molar-refractivity contribution in [1.29, 1.82) is 5.26 Å². The smallest absolute Gasteiger partial charge is 0.260 e. The summed E-state index contributed by atoms with van der Waals surface area (Å²) in [6.07, 6.45) is 0. The van der Waals surface area contributed by atoms with Crippen molar-refractivity contribution in [2.75, 3.05) is 32.8 Å². The molecule has 1 fully saturated rings. The Hall–Kier alpha value is -2.98. The monoisotopic (exact) mass is 371 g/mol. The number of hydrogen-bond donors (Lipinski definition) is 0. The second kappa shape index (κ2) is 8.60. The summed E-state index contributed by atoms with van der Waals surface area (Å²) in [7, 11) is 0. The van der Waals surface area contributed by atoms with Crippen molar-refractivity contribution in [3.05, 3.63) is 65.7 Å². The summed E-state index contributed by atoms with van der Waals surface area (Å²) < 4.78 is 31.3. The number of ether oxygens (including phenoxy) is 1. The minimum Gasteiger partial charge on any atom is -0.484 e. The van der Waals surface area contributed by atoms with Gasteiger partial charge in [-0.15, -0.1) is 0 Å². The van der Waals surface area contributed by atoms with Crippen LogP contribution < -0.4 is 4.74 Å². The molecule has 0 unspecified atom stereocenters. The molecule has 1 aliphatic heterocycles. The highest BCUT2D eigenvalue weighted by Gasteiger charge is 2.27. The van der Waals surface area contributed by atoms with Gasteiger partial charge in [-0.1, -0.05) is 12.1 Å². The maximum absolute atomic E-state index is 13.1. The largest absolute Gasteiger partial charge is 0.484 e. The van der Waals surface area contributed by atoms with Crippen LogP contribution in [0.2, 0.25) is 0 Å². The molecule has 0 bridgehead atoms. The molecule has 1 saturated heterocycles. The van der Waals surface area contributed by atoms with Crippen LogP contribution in [0.25, 0.3) is 0 Å². The molecule has 0 aliphatic carbocycles. The zero-order chi connectivity index (χ0) is 19.2. The predicted octanol–water partition coefficient (Wildman–Crippen LogP) is 2.75. The molecule has 1 aliphatic rings. The molecule has 1 amide bonds. The summed E-state index contributed by atoms with van der Waals surface area (Å²) in [6, 6.07) is 13.2. The lowest BCUT2D eigenvalue weighted by Crippen LogP contribution is -2.50. The van der Waals surface area contributed by atoms with Crippen LogP contribution in [0.15, 0.2) is 48.5 Å². The van der Waals surface area contributed by atoms with Gasteiger partial charge in [0.1, 0.15) is 23.4 Å². The predicted molar refractivity (Wildman–Crippen MR) is 94.8 cm³/mol. The van der Waals surface area contributed by atoms with E-state index in [2.05, 4.69) is 6.07 Å². The van der Waals surface area contributed by atoms with Gasteiger partial charge in [0.2, 0.25) is 0 Å². The number of piperazine rings is 1. The Balaban J connectivity index is 1.51. The molecule has 0 spiro atoms. The van der Waals surface area contributed by atoms with Gasteiger partial charge in [-0.05, 0) is 42.0 Å². The van der Waals surface area contributed by atoms with Crippen molar-refractivity contribution in [3.63, 3.8) is 0 Å². The van der Waals surface area contributed by atoms with E-state index in [1.165, 1.54) is 36.4 Å².